The van der Waals surface area contributed by atoms with Crippen LogP contribution in [0.5, 0.6) is 0 Å². The van der Waals surface area contributed by atoms with Crippen molar-refractivity contribution in [2.75, 3.05) is 7.11 Å². The first-order valence-corrected chi connectivity index (χ1v) is 11.4. The van der Waals surface area contributed by atoms with E-state index in [1.54, 1.807) is 0 Å². The van der Waals surface area contributed by atoms with E-state index in [2.05, 4.69) is 6.92 Å². The van der Waals surface area contributed by atoms with E-state index in [-0.39, 0.29) is 28.8 Å². The molecule has 1 aromatic heterocycles. The normalized spacial score (nSPS) is 28.4. The van der Waals surface area contributed by atoms with Crippen LogP contribution in [-0.2, 0) is 34.0 Å². The van der Waals surface area contributed by atoms with Crippen LogP contribution in [0.25, 0.3) is 0 Å². The molecule has 0 aliphatic heterocycles. The first-order valence-electron chi connectivity index (χ1n) is 11.4. The molecule has 0 spiro atoms. The summed E-state index contributed by atoms with van der Waals surface area (Å²) in [6.07, 6.45) is 2.35. The summed E-state index contributed by atoms with van der Waals surface area (Å²) in [7, 11) is 1.24. The summed E-state index contributed by atoms with van der Waals surface area (Å²) in [6, 6.07) is 0. The van der Waals surface area contributed by atoms with Crippen molar-refractivity contribution in [2.24, 2.45) is 17.3 Å². The van der Waals surface area contributed by atoms with Crippen LogP contribution in [0.1, 0.15) is 95.0 Å². The molecule has 8 nitrogen and oxygen atoms in total. The fourth-order valence-electron chi connectivity index (χ4n) is 5.91. The maximum Gasteiger partial charge on any atom is 0.347 e. The SMILES string of the molecule is COC(=O)[C@@H](OC(C)=O)[C@@H](C(C)C)[C@]1(C)CC[C@@]2(C)CC[C@@H](OC(C)=O)c3coc(c32)C1=O. The van der Waals surface area contributed by atoms with Crippen LogP contribution < -0.4 is 0 Å². The molecule has 0 bridgehead atoms. The summed E-state index contributed by atoms with van der Waals surface area (Å²) >= 11 is 0. The van der Waals surface area contributed by atoms with Crippen molar-refractivity contribution in [3.63, 3.8) is 0 Å². The van der Waals surface area contributed by atoms with E-state index in [9.17, 15) is 19.2 Å². The third-order valence-corrected chi connectivity index (χ3v) is 7.46. The molecular weight excluding hydrogens is 428 g/mol. The van der Waals surface area contributed by atoms with Crippen molar-refractivity contribution in [1.82, 2.24) is 0 Å². The Morgan fingerprint density at radius 1 is 1.09 bits per heavy atom. The van der Waals surface area contributed by atoms with Crippen molar-refractivity contribution in [3.05, 3.63) is 23.2 Å². The van der Waals surface area contributed by atoms with Crippen molar-refractivity contribution in [1.29, 1.82) is 0 Å². The number of ether oxygens (including phenoxy) is 3. The monoisotopic (exact) mass is 462 g/mol. The smallest absolute Gasteiger partial charge is 0.347 e. The average Bonchev–Trinajstić information content (AvgIpc) is 3.16. The van der Waals surface area contributed by atoms with Gasteiger partial charge in [-0.1, -0.05) is 27.7 Å². The predicted molar refractivity (Wildman–Crippen MR) is 117 cm³/mol. The Morgan fingerprint density at radius 3 is 2.30 bits per heavy atom. The molecule has 1 heterocycles. The minimum absolute atomic E-state index is 0.177. The van der Waals surface area contributed by atoms with Crippen LogP contribution in [-0.4, -0.2) is 36.9 Å². The topological polar surface area (TPSA) is 109 Å². The van der Waals surface area contributed by atoms with Crippen molar-refractivity contribution in [2.45, 2.75) is 84.8 Å². The van der Waals surface area contributed by atoms with E-state index in [1.807, 2.05) is 20.8 Å². The van der Waals surface area contributed by atoms with Crippen LogP contribution in [0.2, 0.25) is 0 Å². The first-order chi connectivity index (χ1) is 15.4. The molecule has 3 rings (SSSR count). The molecule has 0 unspecified atom stereocenters. The molecule has 0 saturated heterocycles. The van der Waals surface area contributed by atoms with Gasteiger partial charge in [-0.25, -0.2) is 4.79 Å². The second kappa shape index (κ2) is 8.95. The Balaban J connectivity index is 2.13. The number of carbonyl (C=O) groups excluding carboxylic acids is 4. The second-order valence-corrected chi connectivity index (χ2v) is 10.2. The summed E-state index contributed by atoms with van der Waals surface area (Å²) in [5, 5.41) is 0. The fourth-order valence-corrected chi connectivity index (χ4v) is 5.91. The van der Waals surface area contributed by atoms with Gasteiger partial charge in [0, 0.05) is 36.3 Å². The highest BCUT2D eigenvalue weighted by Gasteiger charge is 2.56. The molecule has 1 aromatic rings. The van der Waals surface area contributed by atoms with Crippen LogP contribution in [0.3, 0.4) is 0 Å². The van der Waals surface area contributed by atoms with E-state index < -0.39 is 35.5 Å². The van der Waals surface area contributed by atoms with Gasteiger partial charge in [-0.05, 0) is 37.0 Å². The summed E-state index contributed by atoms with van der Waals surface area (Å²) in [5.74, 6) is -2.50. The summed E-state index contributed by atoms with van der Waals surface area (Å²) in [5.41, 5.74) is 0.132. The number of rotatable bonds is 6. The summed E-state index contributed by atoms with van der Waals surface area (Å²) < 4.78 is 21.7. The number of ketones is 1. The molecule has 0 saturated carbocycles. The molecule has 0 fully saturated rings. The first kappa shape index (κ1) is 25.0. The van der Waals surface area contributed by atoms with Crippen LogP contribution in [0.4, 0.5) is 0 Å². The highest BCUT2D eigenvalue weighted by atomic mass is 16.6. The van der Waals surface area contributed by atoms with Gasteiger partial charge in [0.15, 0.2) is 5.76 Å². The van der Waals surface area contributed by atoms with Gasteiger partial charge in [0.2, 0.25) is 11.9 Å². The molecule has 0 N–H and O–H groups in total. The fraction of sp³-hybridized carbons (Fsp3) is 0.680. The number of hydrogen-bond donors (Lipinski definition) is 0. The van der Waals surface area contributed by atoms with E-state index in [0.29, 0.717) is 19.3 Å². The molecular formula is C25H34O8. The largest absolute Gasteiger partial charge is 0.466 e. The van der Waals surface area contributed by atoms with Gasteiger partial charge in [0.1, 0.15) is 6.10 Å². The number of hydrogen-bond acceptors (Lipinski definition) is 8. The molecule has 0 radical (unpaired) electrons. The number of Topliss-reactive ketones (excluding diaryl/α,β-unsaturated/α-hetero) is 1. The number of furan rings is 1. The van der Waals surface area contributed by atoms with E-state index in [4.69, 9.17) is 18.6 Å². The van der Waals surface area contributed by atoms with E-state index in [0.717, 1.165) is 17.5 Å². The molecule has 2 aliphatic carbocycles. The van der Waals surface area contributed by atoms with Gasteiger partial charge in [-0.15, -0.1) is 0 Å². The molecule has 8 heteroatoms. The highest BCUT2D eigenvalue weighted by Crippen LogP contribution is 2.55. The number of carbonyl (C=O) groups is 4. The Kier molecular flexibility index (Phi) is 6.78. The van der Waals surface area contributed by atoms with Gasteiger partial charge in [0.05, 0.1) is 13.4 Å². The zero-order chi connectivity index (χ0) is 24.7. The van der Waals surface area contributed by atoms with Crippen LogP contribution in [0, 0.1) is 17.3 Å². The van der Waals surface area contributed by atoms with E-state index in [1.165, 1.54) is 27.2 Å². The minimum atomic E-state index is -1.22. The Bertz CT molecular complexity index is 960. The Morgan fingerprint density at radius 2 is 1.76 bits per heavy atom. The molecule has 2 aliphatic rings. The number of methoxy groups -OCH3 is 1. The Hall–Kier alpha value is -2.64. The molecule has 33 heavy (non-hydrogen) atoms. The van der Waals surface area contributed by atoms with Gasteiger partial charge >= 0.3 is 17.9 Å². The van der Waals surface area contributed by atoms with Gasteiger partial charge in [-0.3, -0.25) is 14.4 Å². The molecule has 5 atom stereocenters. The molecule has 0 amide bonds. The minimum Gasteiger partial charge on any atom is -0.466 e. The maximum atomic E-state index is 14.1. The zero-order valence-electron chi connectivity index (χ0n) is 20.5. The van der Waals surface area contributed by atoms with Gasteiger partial charge < -0.3 is 18.6 Å². The lowest BCUT2D eigenvalue weighted by Gasteiger charge is -2.41. The lowest BCUT2D eigenvalue weighted by atomic mass is 9.63. The Labute approximate surface area is 194 Å². The van der Waals surface area contributed by atoms with Crippen LogP contribution in [0.15, 0.2) is 10.7 Å². The second-order valence-electron chi connectivity index (χ2n) is 10.2. The average molecular weight is 463 g/mol. The van der Waals surface area contributed by atoms with Crippen molar-refractivity contribution >= 4 is 23.7 Å². The van der Waals surface area contributed by atoms with Gasteiger partial charge in [-0.2, -0.15) is 0 Å². The van der Waals surface area contributed by atoms with Gasteiger partial charge in [0.25, 0.3) is 0 Å². The molecule has 182 valence electrons. The highest BCUT2D eigenvalue weighted by molar-refractivity contribution is 6.01. The standard InChI is InChI=1S/C25H34O8/c1-13(2)18(21(23(29)30-7)33-15(4)27)25(6)11-10-24(5)9-8-17(32-14(3)26)16-12-31-20(19(16)24)22(25)28/h12-13,17-18,21H,8-11H2,1-7H3/t17-,18-,21+,24-,25+/m1/s1. The summed E-state index contributed by atoms with van der Waals surface area (Å²) in [4.78, 5) is 50.2. The van der Waals surface area contributed by atoms with Crippen molar-refractivity contribution in [3.8, 4) is 0 Å². The zero-order valence-corrected chi connectivity index (χ0v) is 20.5. The van der Waals surface area contributed by atoms with Crippen LogP contribution >= 0.6 is 0 Å². The van der Waals surface area contributed by atoms with E-state index >= 15 is 0 Å². The lowest BCUT2D eigenvalue weighted by molar-refractivity contribution is -0.173. The summed E-state index contributed by atoms with van der Waals surface area (Å²) in [6.45, 7) is 10.3. The number of esters is 3. The lowest BCUT2D eigenvalue weighted by Crippen LogP contribution is -2.49. The third kappa shape index (κ3) is 4.32. The molecule has 0 aromatic carbocycles. The van der Waals surface area contributed by atoms with Crippen molar-refractivity contribution < 1.29 is 37.8 Å². The third-order valence-electron chi connectivity index (χ3n) is 7.46. The maximum absolute atomic E-state index is 14.1. The quantitative estimate of drug-likeness (QED) is 0.455. The predicted octanol–water partition coefficient (Wildman–Crippen LogP) is 4.30.